The Bertz CT molecular complexity index is 928. The Morgan fingerprint density at radius 2 is 2.00 bits per heavy atom. The Morgan fingerprint density at radius 3 is 2.69 bits per heavy atom. The van der Waals surface area contributed by atoms with E-state index in [0.29, 0.717) is 21.6 Å². The number of halogens is 2. The van der Waals surface area contributed by atoms with Crippen LogP contribution in [-0.4, -0.2) is 28.6 Å². The van der Waals surface area contributed by atoms with E-state index < -0.39 is 5.97 Å². The Morgan fingerprint density at radius 1 is 1.27 bits per heavy atom. The minimum atomic E-state index is -0.966. The van der Waals surface area contributed by atoms with E-state index >= 15 is 0 Å². The molecule has 1 aliphatic carbocycles. The average Bonchev–Trinajstić information content (AvgIpc) is 2.78. The van der Waals surface area contributed by atoms with Crippen LogP contribution in [0.1, 0.15) is 50.4 Å². The second-order valence-electron chi connectivity index (χ2n) is 8.92. The van der Waals surface area contributed by atoms with E-state index in [-0.39, 0.29) is 16.4 Å². The molecule has 6 heteroatoms. The summed E-state index contributed by atoms with van der Waals surface area (Å²) in [5.41, 5.74) is 1.95. The minimum Gasteiger partial charge on any atom is -0.478 e. The Kier molecular flexibility index (Phi) is 3.94. The number of hydrogen-bond acceptors (Lipinski definition) is 3. The van der Waals surface area contributed by atoms with E-state index in [1.54, 1.807) is 6.07 Å². The number of carboxylic acid groups (broad SMARTS) is 1. The first-order valence-corrected chi connectivity index (χ1v) is 9.63. The van der Waals surface area contributed by atoms with Gasteiger partial charge >= 0.3 is 5.97 Å². The number of aromatic nitrogens is 1. The van der Waals surface area contributed by atoms with Crippen molar-refractivity contribution < 1.29 is 9.90 Å². The van der Waals surface area contributed by atoms with Crippen LogP contribution in [0, 0.1) is 10.8 Å². The van der Waals surface area contributed by atoms with Crippen molar-refractivity contribution in [2.45, 2.75) is 46.1 Å². The third-order valence-electron chi connectivity index (χ3n) is 5.83. The molecule has 1 aromatic heterocycles. The van der Waals surface area contributed by atoms with Crippen molar-refractivity contribution in [3.8, 4) is 0 Å². The number of anilines is 1. The van der Waals surface area contributed by atoms with Gasteiger partial charge in [0.2, 0.25) is 0 Å². The molecule has 2 bridgehead atoms. The van der Waals surface area contributed by atoms with E-state index in [2.05, 4.69) is 30.7 Å². The molecule has 2 aliphatic rings. The van der Waals surface area contributed by atoms with Crippen LogP contribution in [0.4, 0.5) is 5.69 Å². The van der Waals surface area contributed by atoms with Gasteiger partial charge in [-0.05, 0) is 42.2 Å². The molecule has 0 spiro atoms. The number of fused-ring (bicyclic) bond motifs is 3. The number of hydrogen-bond donors (Lipinski definition) is 1. The van der Waals surface area contributed by atoms with Crippen LogP contribution in [0.15, 0.2) is 18.3 Å². The van der Waals surface area contributed by atoms with Gasteiger partial charge in [0.1, 0.15) is 5.56 Å². The molecule has 1 saturated carbocycles. The van der Waals surface area contributed by atoms with Gasteiger partial charge in [0, 0.05) is 24.2 Å². The summed E-state index contributed by atoms with van der Waals surface area (Å²) in [5.74, 6) is -0.966. The fraction of sp³-hybridized carbons (Fsp3) is 0.500. The lowest BCUT2D eigenvalue weighted by atomic mass is 9.65. The highest BCUT2D eigenvalue weighted by Gasteiger charge is 2.50. The number of carboxylic acids is 1. The largest absolute Gasteiger partial charge is 0.478 e. The maximum Gasteiger partial charge on any atom is 0.339 e. The maximum atomic E-state index is 11.9. The number of rotatable bonds is 2. The summed E-state index contributed by atoms with van der Waals surface area (Å²) in [6.07, 6.45) is 4.69. The molecule has 2 atom stereocenters. The molecule has 26 heavy (non-hydrogen) atoms. The molecule has 2 fully saturated rings. The van der Waals surface area contributed by atoms with Crippen LogP contribution >= 0.6 is 23.2 Å². The number of nitrogens with zero attached hydrogens (tertiary/aromatic N) is 2. The lowest BCUT2D eigenvalue weighted by molar-refractivity contribution is 0.0697. The van der Waals surface area contributed by atoms with Crippen LogP contribution in [-0.2, 0) is 0 Å². The van der Waals surface area contributed by atoms with Gasteiger partial charge in [0.25, 0.3) is 0 Å². The van der Waals surface area contributed by atoms with Gasteiger partial charge in [-0.1, -0.05) is 44.0 Å². The topological polar surface area (TPSA) is 53.4 Å². The normalized spacial score (nSPS) is 27.1. The Hall–Kier alpha value is -1.52. The van der Waals surface area contributed by atoms with Gasteiger partial charge in [0.05, 0.1) is 21.2 Å². The molecule has 2 heterocycles. The number of benzene rings is 1. The predicted octanol–water partition coefficient (Wildman–Crippen LogP) is 5.64. The molecule has 1 aromatic carbocycles. The molecule has 2 aromatic rings. The molecule has 0 amide bonds. The van der Waals surface area contributed by atoms with Crippen LogP contribution in [0.2, 0.25) is 10.0 Å². The van der Waals surface area contributed by atoms with Crippen LogP contribution in [0.3, 0.4) is 0 Å². The molecule has 1 saturated heterocycles. The van der Waals surface area contributed by atoms with Crippen LogP contribution < -0.4 is 4.90 Å². The summed E-state index contributed by atoms with van der Waals surface area (Å²) in [6, 6.07) is 3.88. The highest BCUT2D eigenvalue weighted by molar-refractivity contribution is 6.45. The molecule has 138 valence electrons. The van der Waals surface area contributed by atoms with Crippen molar-refractivity contribution in [3.63, 3.8) is 0 Å². The van der Waals surface area contributed by atoms with Crippen LogP contribution in [0.25, 0.3) is 10.9 Å². The monoisotopic (exact) mass is 392 g/mol. The van der Waals surface area contributed by atoms with Crippen molar-refractivity contribution in [1.82, 2.24) is 4.98 Å². The predicted molar refractivity (Wildman–Crippen MR) is 106 cm³/mol. The Balaban J connectivity index is 1.95. The van der Waals surface area contributed by atoms with Crippen molar-refractivity contribution in [3.05, 3.63) is 33.9 Å². The Labute approximate surface area is 163 Å². The van der Waals surface area contributed by atoms with Gasteiger partial charge in [0.15, 0.2) is 0 Å². The molecular weight excluding hydrogens is 371 g/mol. The van der Waals surface area contributed by atoms with Crippen molar-refractivity contribution in [2.24, 2.45) is 10.8 Å². The van der Waals surface area contributed by atoms with E-state index in [0.717, 1.165) is 36.9 Å². The first-order valence-electron chi connectivity index (χ1n) is 8.87. The zero-order valence-electron chi connectivity index (χ0n) is 15.1. The molecule has 1 aliphatic heterocycles. The lowest BCUT2D eigenvalue weighted by Crippen LogP contribution is -2.35. The average molecular weight is 393 g/mol. The van der Waals surface area contributed by atoms with Gasteiger partial charge in [-0.3, -0.25) is 4.98 Å². The second-order valence-corrected chi connectivity index (χ2v) is 9.71. The molecular formula is C20H22Cl2N2O2. The summed E-state index contributed by atoms with van der Waals surface area (Å²) in [7, 11) is 0. The maximum absolute atomic E-state index is 11.9. The number of carbonyl (C=O) groups is 1. The quantitative estimate of drug-likeness (QED) is 0.717. The molecule has 4 rings (SSSR count). The number of aromatic carboxylic acids is 1. The zero-order valence-corrected chi connectivity index (χ0v) is 16.7. The van der Waals surface area contributed by atoms with E-state index in [9.17, 15) is 9.90 Å². The van der Waals surface area contributed by atoms with Gasteiger partial charge in [-0.2, -0.15) is 0 Å². The van der Waals surface area contributed by atoms with E-state index in [4.69, 9.17) is 23.2 Å². The van der Waals surface area contributed by atoms with E-state index in [1.807, 2.05) is 6.07 Å². The first-order chi connectivity index (χ1) is 12.1. The summed E-state index contributed by atoms with van der Waals surface area (Å²) in [6.45, 7) is 7.77. The van der Waals surface area contributed by atoms with Crippen molar-refractivity contribution in [2.75, 3.05) is 11.4 Å². The third kappa shape index (κ3) is 2.74. The third-order valence-corrected chi connectivity index (χ3v) is 6.63. The van der Waals surface area contributed by atoms with Gasteiger partial charge in [-0.15, -0.1) is 0 Å². The lowest BCUT2D eigenvalue weighted by Gasteiger charge is -2.39. The zero-order chi connectivity index (χ0) is 18.9. The van der Waals surface area contributed by atoms with E-state index in [1.165, 1.54) is 6.20 Å². The number of pyridine rings is 1. The van der Waals surface area contributed by atoms with Gasteiger partial charge < -0.3 is 10.0 Å². The SMILES string of the molecule is CC1(C)C[C@@H]2C[C@@](C)(CN2c2c(C(=O)O)cnc3c(Cl)c(Cl)ccc23)C1. The van der Waals surface area contributed by atoms with Crippen molar-refractivity contribution in [1.29, 1.82) is 0 Å². The highest BCUT2D eigenvalue weighted by Crippen LogP contribution is 2.54. The summed E-state index contributed by atoms with van der Waals surface area (Å²) < 4.78 is 0. The van der Waals surface area contributed by atoms with Gasteiger partial charge in [-0.25, -0.2) is 4.79 Å². The summed E-state index contributed by atoms with van der Waals surface area (Å²) >= 11 is 12.5. The molecule has 0 unspecified atom stereocenters. The van der Waals surface area contributed by atoms with Crippen LogP contribution in [0.5, 0.6) is 0 Å². The fourth-order valence-electron chi connectivity index (χ4n) is 5.38. The first kappa shape index (κ1) is 17.9. The molecule has 1 N–H and O–H groups in total. The standard InChI is InChI=1S/C20H22Cl2N2O2/c1-19(2)6-11-7-20(3,9-19)10-24(11)17-12-4-5-14(21)15(22)16(12)23-8-13(17)18(25)26/h4-5,8,11H,6-7,9-10H2,1-3H3,(H,25,26)/t11-,20-/m1/s1. The smallest absolute Gasteiger partial charge is 0.339 e. The summed E-state index contributed by atoms with van der Waals surface area (Å²) in [4.78, 5) is 18.5. The fourth-order valence-corrected chi connectivity index (χ4v) is 5.75. The highest BCUT2D eigenvalue weighted by atomic mass is 35.5. The minimum absolute atomic E-state index is 0.188. The molecule has 4 nitrogen and oxygen atoms in total. The summed E-state index contributed by atoms with van der Waals surface area (Å²) in [5, 5.41) is 11.3. The molecule has 0 radical (unpaired) electrons. The van der Waals surface area contributed by atoms with Crippen molar-refractivity contribution >= 4 is 45.8 Å². The second kappa shape index (κ2) is 5.74.